The average molecular weight is 341 g/mol. The van der Waals surface area contributed by atoms with Gasteiger partial charge in [0, 0.05) is 19.0 Å². The quantitative estimate of drug-likeness (QED) is 0.893. The number of likely N-dealkylation sites (tertiary alicyclic amines) is 1. The predicted molar refractivity (Wildman–Crippen MR) is 90.2 cm³/mol. The number of aromatic hydroxyl groups is 1. The number of amides is 1. The van der Waals surface area contributed by atoms with E-state index in [-0.39, 0.29) is 31.4 Å². The van der Waals surface area contributed by atoms with Gasteiger partial charge in [0.1, 0.15) is 12.4 Å². The zero-order valence-corrected chi connectivity index (χ0v) is 13.5. The Morgan fingerprint density at radius 2 is 1.72 bits per heavy atom. The summed E-state index contributed by atoms with van der Waals surface area (Å²) in [5.74, 6) is -1.86. The zero-order chi connectivity index (χ0) is 17.8. The number of carbonyl (C=O) groups excluding carboxylic acids is 1. The van der Waals surface area contributed by atoms with Gasteiger partial charge in [0.15, 0.2) is 0 Å². The molecule has 6 heteroatoms. The van der Waals surface area contributed by atoms with Gasteiger partial charge in [0.05, 0.1) is 5.92 Å². The first kappa shape index (κ1) is 16.8. The number of hydrogen-bond acceptors (Lipinski definition) is 4. The highest BCUT2D eigenvalue weighted by atomic mass is 16.6. The van der Waals surface area contributed by atoms with Crippen LogP contribution in [0.25, 0.3) is 0 Å². The van der Waals surface area contributed by atoms with Crippen LogP contribution in [0.2, 0.25) is 0 Å². The van der Waals surface area contributed by atoms with Gasteiger partial charge in [-0.15, -0.1) is 0 Å². The Morgan fingerprint density at radius 1 is 1.04 bits per heavy atom. The Balaban J connectivity index is 1.68. The molecule has 1 aliphatic heterocycles. The highest BCUT2D eigenvalue weighted by Crippen LogP contribution is 2.34. The molecule has 130 valence electrons. The van der Waals surface area contributed by atoms with Crippen molar-refractivity contribution in [3.63, 3.8) is 0 Å². The van der Waals surface area contributed by atoms with Gasteiger partial charge in [-0.2, -0.15) is 0 Å². The van der Waals surface area contributed by atoms with Gasteiger partial charge in [0.25, 0.3) is 0 Å². The second-order valence-corrected chi connectivity index (χ2v) is 6.09. The molecule has 1 aliphatic rings. The average Bonchev–Trinajstić information content (AvgIpc) is 3.07. The highest BCUT2D eigenvalue weighted by Gasteiger charge is 2.41. The molecule has 1 fully saturated rings. The van der Waals surface area contributed by atoms with E-state index in [0.29, 0.717) is 0 Å². The largest absolute Gasteiger partial charge is 0.508 e. The van der Waals surface area contributed by atoms with Crippen LogP contribution in [0.3, 0.4) is 0 Å². The van der Waals surface area contributed by atoms with E-state index >= 15 is 0 Å². The van der Waals surface area contributed by atoms with Crippen LogP contribution in [0, 0.1) is 5.92 Å². The van der Waals surface area contributed by atoms with Gasteiger partial charge >= 0.3 is 12.1 Å². The van der Waals surface area contributed by atoms with Crippen LogP contribution in [0.1, 0.15) is 17.0 Å². The number of ether oxygens (including phenoxy) is 1. The van der Waals surface area contributed by atoms with Crippen LogP contribution in [0.15, 0.2) is 54.6 Å². The molecule has 0 spiro atoms. The molecule has 2 N–H and O–H groups in total. The minimum Gasteiger partial charge on any atom is -0.508 e. The number of carboxylic acid groups (broad SMARTS) is 1. The number of carbonyl (C=O) groups is 2. The summed E-state index contributed by atoms with van der Waals surface area (Å²) >= 11 is 0. The smallest absolute Gasteiger partial charge is 0.410 e. The number of nitrogens with zero attached hydrogens (tertiary/aromatic N) is 1. The maximum absolute atomic E-state index is 12.3. The van der Waals surface area contributed by atoms with Crippen LogP contribution in [-0.2, 0) is 16.1 Å². The van der Waals surface area contributed by atoms with Crippen molar-refractivity contribution in [3.8, 4) is 5.75 Å². The summed E-state index contributed by atoms with van der Waals surface area (Å²) in [6, 6.07) is 15.7. The van der Waals surface area contributed by atoms with E-state index in [2.05, 4.69) is 0 Å². The number of phenols is 1. The maximum atomic E-state index is 12.3. The fraction of sp³-hybridized carbons (Fsp3) is 0.263. The molecule has 1 saturated heterocycles. The highest BCUT2D eigenvalue weighted by molar-refractivity contribution is 5.75. The van der Waals surface area contributed by atoms with Crippen molar-refractivity contribution in [1.29, 1.82) is 0 Å². The number of rotatable bonds is 4. The Morgan fingerprint density at radius 3 is 2.36 bits per heavy atom. The Labute approximate surface area is 145 Å². The van der Waals surface area contributed by atoms with Gasteiger partial charge in [-0.05, 0) is 23.3 Å². The minimum atomic E-state index is -0.948. The first-order valence-corrected chi connectivity index (χ1v) is 8.02. The molecule has 1 amide bonds. The van der Waals surface area contributed by atoms with Crippen LogP contribution in [0.4, 0.5) is 4.79 Å². The molecule has 2 aromatic rings. The summed E-state index contributed by atoms with van der Waals surface area (Å²) in [4.78, 5) is 25.3. The van der Waals surface area contributed by atoms with E-state index in [1.165, 1.54) is 17.0 Å². The molecule has 2 atom stereocenters. The van der Waals surface area contributed by atoms with Gasteiger partial charge in [-0.1, -0.05) is 42.5 Å². The summed E-state index contributed by atoms with van der Waals surface area (Å²) in [5, 5.41) is 18.9. The Bertz CT molecular complexity index is 744. The normalized spacial score (nSPS) is 19.6. The fourth-order valence-corrected chi connectivity index (χ4v) is 3.07. The second kappa shape index (κ2) is 7.25. The molecule has 0 saturated carbocycles. The van der Waals surface area contributed by atoms with Crippen molar-refractivity contribution >= 4 is 12.1 Å². The van der Waals surface area contributed by atoms with Crippen LogP contribution < -0.4 is 0 Å². The van der Waals surface area contributed by atoms with E-state index in [0.717, 1.165) is 11.1 Å². The third-order valence-electron chi connectivity index (χ3n) is 4.42. The lowest BCUT2D eigenvalue weighted by molar-refractivity contribution is -0.141. The molecule has 0 aromatic heterocycles. The first-order chi connectivity index (χ1) is 12.0. The molecular weight excluding hydrogens is 322 g/mol. The second-order valence-electron chi connectivity index (χ2n) is 6.09. The van der Waals surface area contributed by atoms with E-state index < -0.39 is 18.0 Å². The topological polar surface area (TPSA) is 87.1 Å². The molecule has 6 nitrogen and oxygen atoms in total. The van der Waals surface area contributed by atoms with Crippen molar-refractivity contribution in [3.05, 3.63) is 65.7 Å². The monoisotopic (exact) mass is 341 g/mol. The van der Waals surface area contributed by atoms with Gasteiger partial charge < -0.3 is 19.8 Å². The van der Waals surface area contributed by atoms with E-state index in [1.54, 1.807) is 12.1 Å². The summed E-state index contributed by atoms with van der Waals surface area (Å²) < 4.78 is 5.30. The summed E-state index contributed by atoms with van der Waals surface area (Å²) in [7, 11) is 0. The van der Waals surface area contributed by atoms with Crippen molar-refractivity contribution in [2.24, 2.45) is 5.92 Å². The maximum Gasteiger partial charge on any atom is 0.410 e. The number of aliphatic carboxylic acids is 1. The molecule has 25 heavy (non-hydrogen) atoms. The molecular formula is C19H19NO5. The number of phenolic OH excluding ortho intramolecular Hbond substituents is 1. The van der Waals surface area contributed by atoms with Crippen LogP contribution in [0.5, 0.6) is 5.75 Å². The molecule has 2 aromatic carbocycles. The van der Waals surface area contributed by atoms with E-state index in [4.69, 9.17) is 4.74 Å². The SMILES string of the molecule is O=C(O)C1CN(C(=O)OCc2ccccc2)CC1c1ccc(O)cc1. The van der Waals surface area contributed by atoms with Crippen LogP contribution >= 0.6 is 0 Å². The van der Waals surface area contributed by atoms with E-state index in [9.17, 15) is 19.8 Å². The number of benzene rings is 2. The minimum absolute atomic E-state index is 0.106. The predicted octanol–water partition coefficient (Wildman–Crippen LogP) is 2.83. The lowest BCUT2D eigenvalue weighted by atomic mass is 9.89. The molecule has 3 rings (SSSR count). The zero-order valence-electron chi connectivity index (χ0n) is 13.5. The molecule has 0 bridgehead atoms. The van der Waals surface area contributed by atoms with Gasteiger partial charge in [-0.25, -0.2) is 4.79 Å². The van der Waals surface area contributed by atoms with Gasteiger partial charge in [-0.3, -0.25) is 4.79 Å². The van der Waals surface area contributed by atoms with Crippen molar-refractivity contribution in [2.75, 3.05) is 13.1 Å². The molecule has 1 heterocycles. The van der Waals surface area contributed by atoms with Crippen LogP contribution in [-0.4, -0.2) is 40.3 Å². The summed E-state index contributed by atoms with van der Waals surface area (Å²) in [6.07, 6.45) is -0.517. The van der Waals surface area contributed by atoms with Crippen molar-refractivity contribution < 1.29 is 24.5 Å². The number of carboxylic acids is 1. The Kier molecular flexibility index (Phi) is 4.88. The first-order valence-electron chi connectivity index (χ1n) is 8.02. The van der Waals surface area contributed by atoms with Crippen molar-refractivity contribution in [1.82, 2.24) is 4.90 Å². The molecule has 0 radical (unpaired) electrons. The Hall–Kier alpha value is -3.02. The molecule has 2 unspecified atom stereocenters. The summed E-state index contributed by atoms with van der Waals surface area (Å²) in [6.45, 7) is 0.529. The fourth-order valence-electron chi connectivity index (χ4n) is 3.07. The van der Waals surface area contributed by atoms with E-state index in [1.807, 2.05) is 30.3 Å². The molecule has 0 aliphatic carbocycles. The van der Waals surface area contributed by atoms with Gasteiger partial charge in [0.2, 0.25) is 0 Å². The third-order valence-corrected chi connectivity index (χ3v) is 4.42. The lowest BCUT2D eigenvalue weighted by Gasteiger charge is -2.16. The third kappa shape index (κ3) is 3.91. The lowest BCUT2D eigenvalue weighted by Crippen LogP contribution is -2.30. The standard InChI is InChI=1S/C19H19NO5/c21-15-8-6-14(7-9-15)16-10-20(11-17(16)18(22)23)19(24)25-12-13-4-2-1-3-5-13/h1-9,16-17,21H,10-12H2,(H,22,23). The van der Waals surface area contributed by atoms with Crippen molar-refractivity contribution in [2.45, 2.75) is 12.5 Å². The summed E-state index contributed by atoms with van der Waals surface area (Å²) in [5.41, 5.74) is 1.66. The number of hydrogen-bond donors (Lipinski definition) is 2.